The van der Waals surface area contributed by atoms with Crippen LogP contribution >= 0.6 is 0 Å². The van der Waals surface area contributed by atoms with Crippen LogP contribution in [0.25, 0.3) is 0 Å². The van der Waals surface area contributed by atoms with Crippen LogP contribution in [0.3, 0.4) is 0 Å². The lowest BCUT2D eigenvalue weighted by molar-refractivity contribution is -0.301. The smallest absolute Gasteiger partial charge is 0.419 e. The Kier molecular flexibility index (Phi) is 3.67. The number of aliphatic hydroxyl groups excluding tert-OH is 1. The molecule has 0 aromatic carbocycles. The summed E-state index contributed by atoms with van der Waals surface area (Å²) in [6.45, 7) is 6.89. The van der Waals surface area contributed by atoms with Crippen molar-refractivity contribution in [2.45, 2.75) is 64.1 Å². The Morgan fingerprint density at radius 3 is 2.68 bits per heavy atom. The molecule has 3 aliphatic rings. The fourth-order valence-corrected chi connectivity index (χ4v) is 2.88. The number of hydrogen-bond donors (Lipinski definition) is 1. The molecule has 2 amide bonds. The van der Waals surface area contributed by atoms with Crippen LogP contribution in [-0.4, -0.2) is 65.0 Å². The molecule has 8 nitrogen and oxygen atoms in total. The zero-order valence-electron chi connectivity index (χ0n) is 13.0. The molecule has 8 heteroatoms. The van der Waals surface area contributed by atoms with Gasteiger partial charge in [-0.15, -0.1) is 0 Å². The van der Waals surface area contributed by atoms with Crippen molar-refractivity contribution < 1.29 is 33.6 Å². The first-order chi connectivity index (χ1) is 10.2. The first kappa shape index (κ1) is 15.7. The maximum absolute atomic E-state index is 12.4. The van der Waals surface area contributed by atoms with E-state index in [0.29, 0.717) is 6.61 Å². The molecule has 0 radical (unpaired) electrons. The van der Waals surface area contributed by atoms with Gasteiger partial charge in [0.15, 0.2) is 18.1 Å². The van der Waals surface area contributed by atoms with Crippen LogP contribution in [0.15, 0.2) is 0 Å². The van der Waals surface area contributed by atoms with Gasteiger partial charge in [-0.25, -0.2) is 9.69 Å². The maximum atomic E-state index is 12.4. The highest BCUT2D eigenvalue weighted by molar-refractivity contribution is 5.95. The van der Waals surface area contributed by atoms with Crippen LogP contribution in [0.2, 0.25) is 0 Å². The number of carbonyl (C=O) groups excluding carboxylic acids is 2. The third-order valence-electron chi connectivity index (χ3n) is 4.34. The molecule has 22 heavy (non-hydrogen) atoms. The van der Waals surface area contributed by atoms with Crippen molar-refractivity contribution in [2.24, 2.45) is 5.92 Å². The first-order valence-corrected chi connectivity index (χ1v) is 7.40. The molecule has 3 rings (SSSR count). The largest absolute Gasteiger partial charge is 0.438 e. The van der Waals surface area contributed by atoms with Gasteiger partial charge in [-0.3, -0.25) is 4.79 Å². The van der Waals surface area contributed by atoms with E-state index in [9.17, 15) is 14.7 Å². The van der Waals surface area contributed by atoms with E-state index in [4.69, 9.17) is 18.9 Å². The number of rotatable bonds is 2. The summed E-state index contributed by atoms with van der Waals surface area (Å²) in [5.74, 6) is -2.05. The zero-order chi connectivity index (χ0) is 16.2. The van der Waals surface area contributed by atoms with E-state index in [0.717, 1.165) is 4.90 Å². The van der Waals surface area contributed by atoms with Crippen molar-refractivity contribution in [1.82, 2.24) is 4.90 Å². The summed E-state index contributed by atoms with van der Waals surface area (Å²) in [7, 11) is 0. The summed E-state index contributed by atoms with van der Waals surface area (Å²) in [6.07, 6.45) is -4.02. The predicted octanol–water partition coefficient (Wildman–Crippen LogP) is 0.227. The van der Waals surface area contributed by atoms with Crippen LogP contribution in [-0.2, 0) is 23.7 Å². The Balaban J connectivity index is 1.80. The molecule has 0 aromatic rings. The molecule has 0 aliphatic carbocycles. The molecule has 3 aliphatic heterocycles. The van der Waals surface area contributed by atoms with Gasteiger partial charge in [-0.1, -0.05) is 6.92 Å². The van der Waals surface area contributed by atoms with Crippen molar-refractivity contribution in [3.05, 3.63) is 0 Å². The SMILES string of the molecule is C[C@H](O)[C@@H](C)C(=O)N1C(=O)O[C@@H]2[C@H]3OC(C)(C)OC[C@H]3O[C@@H]21. The average molecular weight is 315 g/mol. The quantitative estimate of drug-likeness (QED) is 0.779. The summed E-state index contributed by atoms with van der Waals surface area (Å²) in [4.78, 5) is 25.4. The molecule has 124 valence electrons. The van der Waals surface area contributed by atoms with Crippen LogP contribution in [0.1, 0.15) is 27.7 Å². The minimum atomic E-state index is -0.874. The third-order valence-corrected chi connectivity index (χ3v) is 4.34. The second kappa shape index (κ2) is 5.16. The molecule has 3 saturated heterocycles. The van der Waals surface area contributed by atoms with Crippen LogP contribution in [0.5, 0.6) is 0 Å². The van der Waals surface area contributed by atoms with E-state index in [-0.39, 0.29) is 0 Å². The molecule has 0 unspecified atom stereocenters. The van der Waals surface area contributed by atoms with Gasteiger partial charge in [0.2, 0.25) is 5.91 Å². The van der Waals surface area contributed by atoms with E-state index in [1.165, 1.54) is 6.92 Å². The normalized spacial score (nSPS) is 39.0. The van der Waals surface area contributed by atoms with Gasteiger partial charge >= 0.3 is 6.09 Å². The highest BCUT2D eigenvalue weighted by atomic mass is 16.8. The third kappa shape index (κ3) is 2.40. The molecule has 1 N–H and O–H groups in total. The molecule has 3 heterocycles. The topological polar surface area (TPSA) is 94.5 Å². The Hall–Kier alpha value is -1.22. The summed E-state index contributed by atoms with van der Waals surface area (Å²) in [6, 6.07) is 0. The van der Waals surface area contributed by atoms with Gasteiger partial charge < -0.3 is 24.1 Å². The molecule has 6 atom stereocenters. The van der Waals surface area contributed by atoms with Gasteiger partial charge in [-0.05, 0) is 20.8 Å². The Morgan fingerprint density at radius 2 is 2.05 bits per heavy atom. The standard InChI is InChI=1S/C14H21NO7/c1-6(7(2)16)11(17)15-12-10(21-13(15)18)9-8(20-12)5-19-14(3,4)22-9/h6-10,12,16H,5H2,1-4H3/t6-,7+,8-,9+,10-,12+/m1/s1. The predicted molar refractivity (Wildman–Crippen MR) is 71.5 cm³/mol. The highest BCUT2D eigenvalue weighted by Gasteiger charge is 2.61. The molecule has 0 bridgehead atoms. The second-order valence-corrected chi connectivity index (χ2v) is 6.44. The van der Waals surface area contributed by atoms with Crippen molar-refractivity contribution in [3.63, 3.8) is 0 Å². The van der Waals surface area contributed by atoms with E-state index in [1.54, 1.807) is 20.8 Å². The summed E-state index contributed by atoms with van der Waals surface area (Å²) < 4.78 is 22.3. The van der Waals surface area contributed by atoms with Gasteiger partial charge in [-0.2, -0.15) is 0 Å². The zero-order valence-corrected chi connectivity index (χ0v) is 13.0. The fourth-order valence-electron chi connectivity index (χ4n) is 2.88. The molecular formula is C14H21NO7. The van der Waals surface area contributed by atoms with Gasteiger partial charge in [0.1, 0.15) is 12.2 Å². The van der Waals surface area contributed by atoms with Crippen molar-refractivity contribution >= 4 is 12.0 Å². The Morgan fingerprint density at radius 1 is 1.36 bits per heavy atom. The van der Waals surface area contributed by atoms with E-state index in [2.05, 4.69) is 0 Å². The molecule has 3 fully saturated rings. The number of fused-ring (bicyclic) bond motifs is 3. The van der Waals surface area contributed by atoms with Crippen LogP contribution in [0.4, 0.5) is 4.79 Å². The van der Waals surface area contributed by atoms with E-state index in [1.807, 2.05) is 0 Å². The van der Waals surface area contributed by atoms with Crippen molar-refractivity contribution in [2.75, 3.05) is 6.61 Å². The van der Waals surface area contributed by atoms with Gasteiger partial charge in [0.25, 0.3) is 0 Å². The average Bonchev–Trinajstić information content (AvgIpc) is 2.91. The second-order valence-electron chi connectivity index (χ2n) is 6.44. The lowest BCUT2D eigenvalue weighted by Gasteiger charge is -2.37. The number of ether oxygens (including phenoxy) is 4. The number of imide groups is 1. The summed E-state index contributed by atoms with van der Waals surface area (Å²) in [5, 5.41) is 9.57. The summed E-state index contributed by atoms with van der Waals surface area (Å²) in [5.41, 5.74) is 0. The van der Waals surface area contributed by atoms with Crippen LogP contribution < -0.4 is 0 Å². The number of hydrogen-bond acceptors (Lipinski definition) is 7. The molecule has 0 saturated carbocycles. The van der Waals surface area contributed by atoms with Crippen LogP contribution in [0, 0.1) is 5.92 Å². The molecule has 0 aromatic heterocycles. The number of carbonyl (C=O) groups is 2. The monoisotopic (exact) mass is 315 g/mol. The number of aliphatic hydroxyl groups is 1. The van der Waals surface area contributed by atoms with E-state index >= 15 is 0 Å². The van der Waals surface area contributed by atoms with Gasteiger partial charge in [0, 0.05) is 0 Å². The van der Waals surface area contributed by atoms with Gasteiger partial charge in [0.05, 0.1) is 18.6 Å². The molecular weight excluding hydrogens is 294 g/mol. The van der Waals surface area contributed by atoms with Crippen molar-refractivity contribution in [1.29, 1.82) is 0 Å². The summed E-state index contributed by atoms with van der Waals surface area (Å²) >= 11 is 0. The minimum absolute atomic E-state index is 0.302. The van der Waals surface area contributed by atoms with Crippen molar-refractivity contribution in [3.8, 4) is 0 Å². The fraction of sp³-hybridized carbons (Fsp3) is 0.857. The van der Waals surface area contributed by atoms with E-state index < -0.39 is 54.3 Å². The maximum Gasteiger partial charge on any atom is 0.419 e. The number of amides is 2. The first-order valence-electron chi connectivity index (χ1n) is 7.40. The Bertz CT molecular complexity index is 492. The highest BCUT2D eigenvalue weighted by Crippen LogP contribution is 2.40. The minimum Gasteiger partial charge on any atom is -0.438 e. The lowest BCUT2D eigenvalue weighted by atomic mass is 10.0. The number of nitrogens with zero attached hydrogens (tertiary/aromatic N) is 1. The lowest BCUT2D eigenvalue weighted by Crippen LogP contribution is -2.50. The molecule has 0 spiro atoms. The Labute approximate surface area is 128 Å².